The van der Waals surface area contributed by atoms with E-state index in [0.717, 1.165) is 49.6 Å². The number of piperazine rings is 1. The number of carbonyl (C=O) groups is 1. The molecule has 1 saturated heterocycles. The van der Waals surface area contributed by atoms with E-state index in [-0.39, 0.29) is 5.91 Å². The summed E-state index contributed by atoms with van der Waals surface area (Å²) in [7, 11) is 0. The van der Waals surface area contributed by atoms with Gasteiger partial charge in [0.05, 0.1) is 6.26 Å². The highest BCUT2D eigenvalue weighted by atomic mass is 16.3. The molecule has 2 aromatic carbocycles. The van der Waals surface area contributed by atoms with Crippen LogP contribution in [0.4, 0.5) is 0 Å². The number of benzene rings is 2. The summed E-state index contributed by atoms with van der Waals surface area (Å²) >= 11 is 0. The molecule has 1 aromatic heterocycles. The average Bonchev–Trinajstić information content (AvgIpc) is 3.30. The third-order valence-corrected chi connectivity index (χ3v) is 5.07. The van der Waals surface area contributed by atoms with E-state index in [1.54, 1.807) is 6.26 Å². The standard InChI is InChI=1S/C24H24N2O2/c27-24(22-12-10-21(11-13-22)23-9-5-19-28-23)26-17-15-25(16-18-26)14-4-8-20-6-2-1-3-7-20/h1-13,19H,14-18H2. The third kappa shape index (κ3) is 4.41. The average molecular weight is 372 g/mol. The largest absolute Gasteiger partial charge is 0.464 e. The van der Waals surface area contributed by atoms with Crippen LogP contribution in [0.5, 0.6) is 0 Å². The summed E-state index contributed by atoms with van der Waals surface area (Å²) in [5, 5.41) is 0. The maximum Gasteiger partial charge on any atom is 0.253 e. The number of furan rings is 1. The van der Waals surface area contributed by atoms with Crippen molar-refractivity contribution < 1.29 is 9.21 Å². The molecule has 4 heteroatoms. The van der Waals surface area contributed by atoms with Gasteiger partial charge >= 0.3 is 0 Å². The molecule has 0 saturated carbocycles. The number of hydrogen-bond acceptors (Lipinski definition) is 3. The summed E-state index contributed by atoms with van der Waals surface area (Å²) in [5.74, 6) is 0.918. The van der Waals surface area contributed by atoms with Crippen molar-refractivity contribution in [3.8, 4) is 11.3 Å². The normalized spacial score (nSPS) is 15.2. The molecular weight excluding hydrogens is 348 g/mol. The van der Waals surface area contributed by atoms with Crippen molar-refractivity contribution in [2.45, 2.75) is 0 Å². The lowest BCUT2D eigenvalue weighted by atomic mass is 10.1. The fraction of sp³-hybridized carbons (Fsp3) is 0.208. The molecule has 0 spiro atoms. The van der Waals surface area contributed by atoms with Crippen molar-refractivity contribution in [3.05, 3.63) is 90.2 Å². The minimum Gasteiger partial charge on any atom is -0.464 e. The van der Waals surface area contributed by atoms with E-state index < -0.39 is 0 Å². The molecular formula is C24H24N2O2. The Labute approximate surface area is 165 Å². The number of rotatable bonds is 5. The minimum atomic E-state index is 0.102. The Hall–Kier alpha value is -3.11. The van der Waals surface area contributed by atoms with Gasteiger partial charge in [-0.25, -0.2) is 0 Å². The van der Waals surface area contributed by atoms with Gasteiger partial charge in [0.25, 0.3) is 5.91 Å². The zero-order chi connectivity index (χ0) is 19.2. The second-order valence-electron chi connectivity index (χ2n) is 6.96. The van der Waals surface area contributed by atoms with Crippen molar-refractivity contribution in [2.75, 3.05) is 32.7 Å². The van der Waals surface area contributed by atoms with E-state index in [0.29, 0.717) is 0 Å². The number of amides is 1. The van der Waals surface area contributed by atoms with Gasteiger partial charge in [0.2, 0.25) is 0 Å². The van der Waals surface area contributed by atoms with Crippen LogP contribution in [-0.2, 0) is 0 Å². The molecule has 0 N–H and O–H groups in total. The number of nitrogens with zero attached hydrogens (tertiary/aromatic N) is 2. The van der Waals surface area contributed by atoms with Crippen LogP contribution in [-0.4, -0.2) is 48.4 Å². The molecule has 0 aliphatic carbocycles. The molecule has 1 aliphatic rings. The fourth-order valence-corrected chi connectivity index (χ4v) is 3.44. The fourth-order valence-electron chi connectivity index (χ4n) is 3.44. The monoisotopic (exact) mass is 372 g/mol. The van der Waals surface area contributed by atoms with Crippen LogP contribution in [0.2, 0.25) is 0 Å². The highest BCUT2D eigenvalue weighted by Gasteiger charge is 2.21. The van der Waals surface area contributed by atoms with Crippen LogP contribution in [0.25, 0.3) is 17.4 Å². The Kier molecular flexibility index (Phi) is 5.69. The maximum absolute atomic E-state index is 12.8. The molecule has 1 aliphatic heterocycles. The summed E-state index contributed by atoms with van der Waals surface area (Å²) in [6, 6.07) is 21.8. The second kappa shape index (κ2) is 8.72. The van der Waals surface area contributed by atoms with Crippen LogP contribution in [0.15, 0.2) is 83.5 Å². The first-order chi connectivity index (χ1) is 13.8. The summed E-state index contributed by atoms with van der Waals surface area (Å²) in [5.41, 5.74) is 2.93. The molecule has 0 bridgehead atoms. The van der Waals surface area contributed by atoms with Crippen LogP contribution >= 0.6 is 0 Å². The minimum absolute atomic E-state index is 0.102. The second-order valence-corrected chi connectivity index (χ2v) is 6.96. The zero-order valence-corrected chi connectivity index (χ0v) is 15.8. The smallest absolute Gasteiger partial charge is 0.253 e. The van der Waals surface area contributed by atoms with Crippen molar-refractivity contribution in [2.24, 2.45) is 0 Å². The Morgan fingerprint density at radius 2 is 1.64 bits per heavy atom. The van der Waals surface area contributed by atoms with Gasteiger partial charge < -0.3 is 9.32 Å². The lowest BCUT2D eigenvalue weighted by molar-refractivity contribution is 0.0650. The van der Waals surface area contributed by atoms with Crippen molar-refractivity contribution >= 4 is 12.0 Å². The van der Waals surface area contributed by atoms with Gasteiger partial charge in [0.1, 0.15) is 5.76 Å². The Balaban J connectivity index is 1.28. The molecule has 4 rings (SSSR count). The van der Waals surface area contributed by atoms with Gasteiger partial charge in [-0.15, -0.1) is 0 Å². The topological polar surface area (TPSA) is 36.7 Å². The predicted octanol–water partition coefficient (Wildman–Crippen LogP) is 4.42. The van der Waals surface area contributed by atoms with E-state index >= 15 is 0 Å². The summed E-state index contributed by atoms with van der Waals surface area (Å²) in [4.78, 5) is 17.1. The molecule has 0 atom stereocenters. The van der Waals surface area contributed by atoms with Crippen molar-refractivity contribution in [1.29, 1.82) is 0 Å². The molecule has 28 heavy (non-hydrogen) atoms. The first-order valence-electron chi connectivity index (χ1n) is 9.67. The zero-order valence-electron chi connectivity index (χ0n) is 15.8. The van der Waals surface area contributed by atoms with Crippen LogP contribution < -0.4 is 0 Å². The molecule has 142 valence electrons. The Morgan fingerprint density at radius 3 is 2.32 bits per heavy atom. The lowest BCUT2D eigenvalue weighted by Crippen LogP contribution is -2.48. The molecule has 2 heterocycles. The molecule has 1 fully saturated rings. The molecule has 3 aromatic rings. The highest BCUT2D eigenvalue weighted by molar-refractivity contribution is 5.94. The Bertz CT molecular complexity index is 907. The van der Waals surface area contributed by atoms with E-state index in [2.05, 4.69) is 29.2 Å². The van der Waals surface area contributed by atoms with E-state index in [9.17, 15) is 4.79 Å². The van der Waals surface area contributed by atoms with Crippen molar-refractivity contribution in [3.63, 3.8) is 0 Å². The SMILES string of the molecule is O=C(c1ccc(-c2ccco2)cc1)N1CCN(CC=Cc2ccccc2)CC1. The lowest BCUT2D eigenvalue weighted by Gasteiger charge is -2.34. The van der Waals surface area contributed by atoms with Gasteiger partial charge in [-0.3, -0.25) is 9.69 Å². The molecule has 1 amide bonds. The van der Waals surface area contributed by atoms with E-state index in [4.69, 9.17) is 4.42 Å². The van der Waals surface area contributed by atoms with Gasteiger partial charge in [0, 0.05) is 43.9 Å². The third-order valence-electron chi connectivity index (χ3n) is 5.07. The van der Waals surface area contributed by atoms with Crippen molar-refractivity contribution in [1.82, 2.24) is 9.80 Å². The summed E-state index contributed by atoms with van der Waals surface area (Å²) in [6.07, 6.45) is 6.00. The van der Waals surface area contributed by atoms with Crippen LogP contribution in [0, 0.1) is 0 Å². The van der Waals surface area contributed by atoms with E-state index in [1.807, 2.05) is 59.5 Å². The first kappa shape index (κ1) is 18.3. The predicted molar refractivity (Wildman–Crippen MR) is 112 cm³/mol. The van der Waals surface area contributed by atoms with Gasteiger partial charge in [0.15, 0.2) is 0 Å². The summed E-state index contributed by atoms with van der Waals surface area (Å²) in [6.45, 7) is 4.23. The van der Waals surface area contributed by atoms with Gasteiger partial charge in [-0.2, -0.15) is 0 Å². The highest BCUT2D eigenvalue weighted by Crippen LogP contribution is 2.20. The maximum atomic E-state index is 12.8. The Morgan fingerprint density at radius 1 is 0.893 bits per heavy atom. The van der Waals surface area contributed by atoms with Crippen LogP contribution in [0.3, 0.4) is 0 Å². The quantitative estimate of drug-likeness (QED) is 0.665. The first-order valence-corrected chi connectivity index (χ1v) is 9.67. The van der Waals surface area contributed by atoms with Crippen LogP contribution in [0.1, 0.15) is 15.9 Å². The molecule has 0 unspecified atom stereocenters. The molecule has 4 nitrogen and oxygen atoms in total. The number of carbonyl (C=O) groups excluding carboxylic acids is 1. The van der Waals surface area contributed by atoms with E-state index in [1.165, 1.54) is 5.56 Å². The molecule has 0 radical (unpaired) electrons. The number of hydrogen-bond donors (Lipinski definition) is 0. The van der Waals surface area contributed by atoms with Gasteiger partial charge in [-0.1, -0.05) is 54.6 Å². The van der Waals surface area contributed by atoms with Gasteiger partial charge in [-0.05, 0) is 29.8 Å². The summed E-state index contributed by atoms with van der Waals surface area (Å²) < 4.78 is 5.40.